The number of aromatic nitrogens is 8. The molecule has 0 fully saturated rings. The van der Waals surface area contributed by atoms with Gasteiger partial charge in [-0.05, 0) is 48.5 Å². The number of nitrogens with zero attached hydrogens (tertiary/aromatic N) is 10. The summed E-state index contributed by atoms with van der Waals surface area (Å²) in [4.78, 5) is 31.6. The van der Waals surface area contributed by atoms with Gasteiger partial charge in [0, 0.05) is 24.8 Å². The summed E-state index contributed by atoms with van der Waals surface area (Å²) in [5.41, 5.74) is 7.81. The van der Waals surface area contributed by atoms with Gasteiger partial charge < -0.3 is 19.9 Å². The zero-order chi connectivity index (χ0) is 59.8. The summed E-state index contributed by atoms with van der Waals surface area (Å²) in [6.45, 7) is 8.86. The molecule has 0 bridgehead atoms. The smallest absolute Gasteiger partial charge is 0.0886 e. The fourth-order valence-corrected chi connectivity index (χ4v) is 13.7. The van der Waals surface area contributed by atoms with E-state index in [1.165, 1.54) is 11.1 Å². The fourth-order valence-electron chi connectivity index (χ4n) is 6.50. The van der Waals surface area contributed by atoms with Crippen LogP contribution in [0.15, 0.2) is 300 Å². The molecule has 0 unspecified atom stereocenters. The van der Waals surface area contributed by atoms with Crippen molar-refractivity contribution in [1.29, 1.82) is 0 Å². The van der Waals surface area contributed by atoms with Gasteiger partial charge in [0.1, 0.15) is 0 Å². The third kappa shape index (κ3) is 26.8. The Labute approximate surface area is 530 Å². The van der Waals surface area contributed by atoms with E-state index in [2.05, 4.69) is 132 Å². The molecular weight excluding hydrogens is 1470 g/mol. The van der Waals surface area contributed by atoms with Crippen LogP contribution in [-0.2, 0) is 46.7 Å². The Kier molecular flexibility index (Phi) is 31.9. The summed E-state index contributed by atoms with van der Waals surface area (Å²) >= 11 is 22.5. The zero-order valence-corrected chi connectivity index (χ0v) is 55.6. The third-order valence-electron chi connectivity index (χ3n) is 10.9. The van der Waals surface area contributed by atoms with Crippen molar-refractivity contribution >= 4 is 66.6 Å². The second-order valence-corrected chi connectivity index (χ2v) is 24.3. The van der Waals surface area contributed by atoms with Crippen LogP contribution in [0, 0.1) is 0 Å². The van der Waals surface area contributed by atoms with Gasteiger partial charge in [0.25, 0.3) is 0 Å². The maximum absolute atomic E-state index is 6.13. The summed E-state index contributed by atoms with van der Waals surface area (Å²) in [6, 6.07) is 70.2. The van der Waals surface area contributed by atoms with E-state index in [1.54, 1.807) is 74.4 Å². The average molecular weight is 1530 g/mol. The number of halogens is 4. The Morgan fingerprint density at radius 3 is 0.750 bits per heavy atom. The zero-order valence-electron chi connectivity index (χ0n) is 46.7. The molecule has 0 aliphatic rings. The molecule has 12 aromatic rings. The number of hydrogen-bond acceptors (Lipinski definition) is 6. The molecule has 0 saturated heterocycles. The minimum atomic E-state index is -1.01. The Morgan fingerprint density at radius 2 is 0.548 bits per heavy atom. The van der Waals surface area contributed by atoms with Crippen LogP contribution in [0.25, 0.3) is 22.8 Å². The van der Waals surface area contributed by atoms with Crippen LogP contribution >= 0.6 is 46.4 Å². The average Bonchev–Trinajstić information content (AvgIpc) is 4.52. The first-order valence-corrected chi connectivity index (χ1v) is 33.6. The molecule has 0 saturated carbocycles. The van der Waals surface area contributed by atoms with Gasteiger partial charge in [0.15, 0.2) is 0 Å². The van der Waals surface area contributed by atoms with Crippen molar-refractivity contribution in [2.75, 3.05) is 0 Å². The predicted molar refractivity (Wildman–Crippen MR) is 342 cm³/mol. The van der Waals surface area contributed by atoms with Gasteiger partial charge in [-0.2, -0.15) is 49.6 Å². The minimum absolute atomic E-state index is 0.0309. The summed E-state index contributed by atoms with van der Waals surface area (Å²) in [6.07, 6.45) is 21.1. The second kappa shape index (κ2) is 39.9. The van der Waals surface area contributed by atoms with Gasteiger partial charge in [-0.1, -0.05) is 72.8 Å². The minimum Gasteiger partial charge on any atom is -0.670 e. The molecule has 0 amide bonds. The fraction of sp³-hybridized carbons (Fsp3) is 0.0882. The van der Waals surface area contributed by atoms with Crippen molar-refractivity contribution in [2.24, 2.45) is 6.99 Å². The van der Waals surface area contributed by atoms with Crippen molar-refractivity contribution in [2.45, 2.75) is 38.5 Å². The molecule has 12 rings (SSSR count). The molecule has 8 aromatic heterocycles. The van der Waals surface area contributed by atoms with Crippen molar-refractivity contribution in [3.8, 4) is 22.8 Å². The molecule has 0 atom stereocenters. The van der Waals surface area contributed by atoms with E-state index >= 15 is 0 Å². The quantitative estimate of drug-likeness (QED) is 0.147. The molecule has 4 aromatic carbocycles. The summed E-state index contributed by atoms with van der Waals surface area (Å²) in [7, 11) is 0. The molecule has 0 radical (unpaired) electrons. The first kappa shape index (κ1) is 67.3. The molecule has 0 aliphatic heterocycles. The number of benzene rings is 4. The standard InChI is InChI=1S/2C10H8N2.2C10H12.2C6H3Cl2N.4C4H4N.2W/c2*1-3-7-11-9(5-1)10-6-2-4-8-12-10;2*1-10(2,3)9-7-5-4-6-8-9;2*7-4-2-1-3-5(8)6(4)9;4*1-2-4-5-3-1;;/h2*1-8H;2*1,4-8H,2-3H3;2*1-3H;4*1-4H;;/q;;;;;;4*-1;;. The maximum Gasteiger partial charge on any atom is 0.0886 e. The second-order valence-electron chi connectivity index (χ2n) is 18.1. The van der Waals surface area contributed by atoms with E-state index in [1.807, 2.05) is 170 Å². The van der Waals surface area contributed by atoms with Crippen molar-refractivity contribution in [1.82, 2.24) is 39.9 Å². The van der Waals surface area contributed by atoms with E-state index in [-0.39, 0.29) is 10.8 Å². The van der Waals surface area contributed by atoms with Crippen molar-refractivity contribution < 1.29 is 35.8 Å². The molecule has 16 heteroatoms. The van der Waals surface area contributed by atoms with Gasteiger partial charge in [0.2, 0.25) is 0 Å². The Bertz CT molecular complexity index is 3180. The van der Waals surface area contributed by atoms with E-state index < -0.39 is 35.8 Å². The molecule has 84 heavy (non-hydrogen) atoms. The SMILES string of the molecule is CC(C)([CH]=[W]=[N]c1c(Cl)cccc1Cl)c1ccccc1.CC(C)([CH]=[W]=[N]c1c(Cl)cccc1Cl)c1ccccc1.c1cc[n-]c1.c1cc[n-]c1.c1cc[n-]c1.c1cc[n-]c1.c1ccc(-c2ccccn2)nc1.c1ccc(-c2ccccn2)nc1. The third-order valence-corrected chi connectivity index (χ3v) is 19.2. The monoisotopic (exact) mass is 1530 g/mol. The van der Waals surface area contributed by atoms with Gasteiger partial charge in [-0.25, -0.2) is 0 Å². The van der Waals surface area contributed by atoms with Crippen LogP contribution < -0.4 is 19.9 Å². The van der Waals surface area contributed by atoms with E-state index in [4.69, 9.17) is 46.4 Å². The first-order valence-electron chi connectivity index (χ1n) is 26.1. The van der Waals surface area contributed by atoms with Crippen molar-refractivity contribution in [3.05, 3.63) is 324 Å². The van der Waals surface area contributed by atoms with Gasteiger partial charge in [0.05, 0.1) is 22.8 Å². The topological polar surface area (TPSA) is 133 Å². The molecule has 428 valence electrons. The van der Waals surface area contributed by atoms with Crippen LogP contribution in [0.1, 0.15) is 38.8 Å². The van der Waals surface area contributed by atoms with Crippen LogP contribution in [-0.4, -0.2) is 28.7 Å². The largest absolute Gasteiger partial charge is 0.670 e. The Morgan fingerprint density at radius 1 is 0.310 bits per heavy atom. The number of pyridine rings is 4. The molecule has 0 N–H and O–H groups in total. The van der Waals surface area contributed by atoms with E-state index in [9.17, 15) is 0 Å². The van der Waals surface area contributed by atoms with Crippen LogP contribution in [0.4, 0.5) is 11.4 Å². The van der Waals surface area contributed by atoms with Gasteiger partial charge in [-0.15, -0.1) is 0 Å². The molecular formula is C68H62Cl4N10W2-4. The molecule has 0 aliphatic carbocycles. The normalized spacial score (nSPS) is 9.90. The van der Waals surface area contributed by atoms with Crippen LogP contribution in [0.5, 0.6) is 0 Å². The molecule has 0 spiro atoms. The number of hydrogen-bond donors (Lipinski definition) is 0. The first-order chi connectivity index (χ1) is 40.9. The van der Waals surface area contributed by atoms with Gasteiger partial charge in [-0.3, -0.25) is 19.9 Å². The molecule has 10 nitrogen and oxygen atoms in total. The van der Waals surface area contributed by atoms with Gasteiger partial charge >= 0.3 is 276 Å². The van der Waals surface area contributed by atoms with Crippen molar-refractivity contribution in [3.63, 3.8) is 0 Å². The number of rotatable bonds is 8. The van der Waals surface area contributed by atoms with E-state index in [0.717, 1.165) is 34.2 Å². The summed E-state index contributed by atoms with van der Waals surface area (Å²) < 4.78 is 14.0. The van der Waals surface area contributed by atoms with Crippen LogP contribution in [0.3, 0.4) is 0 Å². The van der Waals surface area contributed by atoms with Crippen LogP contribution in [0.2, 0.25) is 20.1 Å². The van der Waals surface area contributed by atoms with E-state index in [0.29, 0.717) is 20.1 Å². The summed E-state index contributed by atoms with van der Waals surface area (Å²) in [5.74, 6) is 0. The maximum atomic E-state index is 6.13. The Balaban J connectivity index is 0.000000186. The predicted octanol–water partition coefficient (Wildman–Crippen LogP) is 18.2. The Hall–Kier alpha value is -7.52. The molecule has 8 heterocycles. The summed E-state index contributed by atoms with van der Waals surface area (Å²) in [5, 5.41) is 2.51.